The molecule has 0 aliphatic heterocycles. The predicted molar refractivity (Wildman–Crippen MR) is 49.5 cm³/mol. The van der Waals surface area contributed by atoms with Crippen LogP contribution in [0.3, 0.4) is 0 Å². The van der Waals surface area contributed by atoms with E-state index in [1.54, 1.807) is 0 Å². The Morgan fingerprint density at radius 2 is 1.21 bits per heavy atom. The first-order valence-electron chi connectivity index (χ1n) is 4.77. The molecule has 0 saturated heterocycles. The molecule has 0 bridgehead atoms. The molecule has 1 aliphatic carbocycles. The minimum absolute atomic E-state index is 0.0750. The molecule has 2 N–H and O–H groups in total. The third kappa shape index (κ3) is 1.60. The highest BCUT2D eigenvalue weighted by Crippen LogP contribution is 2.46. The summed E-state index contributed by atoms with van der Waals surface area (Å²) in [7, 11) is 0. The fourth-order valence-corrected chi connectivity index (χ4v) is 2.53. The van der Waals surface area contributed by atoms with E-state index in [0.717, 1.165) is 0 Å². The molecule has 1 rings (SSSR count). The highest BCUT2D eigenvalue weighted by molar-refractivity contribution is 5.90. The van der Waals surface area contributed by atoms with Crippen molar-refractivity contribution in [3.63, 3.8) is 0 Å². The van der Waals surface area contributed by atoms with E-state index in [1.165, 1.54) is 13.8 Å². The van der Waals surface area contributed by atoms with Crippen LogP contribution < -0.4 is 0 Å². The first-order chi connectivity index (χ1) is 6.54. The van der Waals surface area contributed by atoms with Gasteiger partial charge in [0.1, 0.15) is 11.6 Å². The Kier molecular flexibility index (Phi) is 3.39. The summed E-state index contributed by atoms with van der Waals surface area (Å²) >= 11 is 0. The van der Waals surface area contributed by atoms with Crippen molar-refractivity contribution in [3.05, 3.63) is 0 Å². The van der Waals surface area contributed by atoms with Gasteiger partial charge in [-0.2, -0.15) is 0 Å². The molecule has 0 heterocycles. The van der Waals surface area contributed by atoms with Gasteiger partial charge in [-0.05, 0) is 25.7 Å². The molecule has 0 aromatic heterocycles. The summed E-state index contributed by atoms with van der Waals surface area (Å²) < 4.78 is 0. The maximum absolute atomic E-state index is 11.2. The molecule has 0 spiro atoms. The van der Waals surface area contributed by atoms with Crippen LogP contribution in [0.1, 0.15) is 13.8 Å². The molecule has 1 saturated carbocycles. The second kappa shape index (κ2) is 4.19. The van der Waals surface area contributed by atoms with Crippen LogP contribution in [0, 0.1) is 23.7 Å². The number of aliphatic hydroxyl groups is 2. The van der Waals surface area contributed by atoms with E-state index in [2.05, 4.69) is 0 Å². The largest absolute Gasteiger partial charge is 0.396 e. The molecule has 0 aromatic carbocycles. The molecular weight excluding hydrogens is 184 g/mol. The normalized spacial score (nSPS) is 36.3. The molecular formula is C10H16O4. The Hall–Kier alpha value is -0.740. The lowest BCUT2D eigenvalue weighted by atomic mass is 9.54. The maximum Gasteiger partial charge on any atom is 0.134 e. The average Bonchev–Trinajstić information content (AvgIpc) is 2.02. The van der Waals surface area contributed by atoms with Crippen LogP contribution in [-0.4, -0.2) is 35.0 Å². The van der Waals surface area contributed by atoms with Crippen molar-refractivity contribution in [2.75, 3.05) is 13.2 Å². The van der Waals surface area contributed by atoms with Gasteiger partial charge >= 0.3 is 0 Å². The van der Waals surface area contributed by atoms with Crippen molar-refractivity contribution < 1.29 is 19.8 Å². The summed E-state index contributed by atoms with van der Waals surface area (Å²) in [5.41, 5.74) is 0. The van der Waals surface area contributed by atoms with Crippen LogP contribution in [0.4, 0.5) is 0 Å². The third-order valence-corrected chi connectivity index (χ3v) is 3.22. The first kappa shape index (κ1) is 11.3. The molecule has 0 radical (unpaired) electrons. The lowest BCUT2D eigenvalue weighted by molar-refractivity contribution is -0.155. The van der Waals surface area contributed by atoms with E-state index in [1.807, 2.05) is 0 Å². The number of hydrogen-bond acceptors (Lipinski definition) is 4. The number of carbonyl (C=O) groups excluding carboxylic acids is 2. The Morgan fingerprint density at radius 3 is 1.36 bits per heavy atom. The molecule has 80 valence electrons. The number of aliphatic hydroxyl groups excluding tert-OH is 2. The average molecular weight is 200 g/mol. The second-order valence-electron chi connectivity index (χ2n) is 3.97. The third-order valence-electron chi connectivity index (χ3n) is 3.22. The fraction of sp³-hybridized carbons (Fsp3) is 0.800. The topological polar surface area (TPSA) is 74.6 Å². The summed E-state index contributed by atoms with van der Waals surface area (Å²) in [6, 6.07) is 0. The molecule has 1 aliphatic rings. The first-order valence-corrected chi connectivity index (χ1v) is 4.77. The lowest BCUT2D eigenvalue weighted by Gasteiger charge is -2.48. The molecule has 0 aromatic rings. The molecule has 4 atom stereocenters. The van der Waals surface area contributed by atoms with Crippen LogP contribution >= 0.6 is 0 Å². The van der Waals surface area contributed by atoms with Gasteiger partial charge in [0.05, 0.1) is 0 Å². The van der Waals surface area contributed by atoms with Crippen molar-refractivity contribution in [1.82, 2.24) is 0 Å². The van der Waals surface area contributed by atoms with Gasteiger partial charge in [0.25, 0.3) is 0 Å². The van der Waals surface area contributed by atoms with Gasteiger partial charge in [0, 0.05) is 25.0 Å². The van der Waals surface area contributed by atoms with Crippen LogP contribution in [0.25, 0.3) is 0 Å². The van der Waals surface area contributed by atoms with E-state index >= 15 is 0 Å². The van der Waals surface area contributed by atoms with Crippen LogP contribution in [0.15, 0.2) is 0 Å². The summed E-state index contributed by atoms with van der Waals surface area (Å²) in [5.74, 6) is -1.43. The summed E-state index contributed by atoms with van der Waals surface area (Å²) in [6.07, 6.45) is 0. The SMILES string of the molecule is CC(=O)[C@H]1[C@H](CO)[C@@H](CO)[C@@H]1C(C)=O. The number of carbonyl (C=O) groups is 2. The van der Waals surface area contributed by atoms with Gasteiger partial charge in [-0.25, -0.2) is 0 Å². The number of Topliss-reactive ketones (excluding diaryl/α,β-unsaturated/α-hetero) is 2. The number of ketones is 2. The quantitative estimate of drug-likeness (QED) is 0.649. The van der Waals surface area contributed by atoms with Crippen molar-refractivity contribution in [3.8, 4) is 0 Å². The second-order valence-corrected chi connectivity index (χ2v) is 3.97. The Labute approximate surface area is 82.9 Å². The zero-order chi connectivity index (χ0) is 10.9. The van der Waals surface area contributed by atoms with Crippen LogP contribution in [0.2, 0.25) is 0 Å². The molecule has 0 unspecified atom stereocenters. The molecule has 4 heteroatoms. The molecule has 1 fully saturated rings. The van der Waals surface area contributed by atoms with Crippen LogP contribution in [-0.2, 0) is 9.59 Å². The van der Waals surface area contributed by atoms with Crippen LogP contribution in [0.5, 0.6) is 0 Å². The van der Waals surface area contributed by atoms with Crippen molar-refractivity contribution >= 4 is 11.6 Å². The van der Waals surface area contributed by atoms with Gasteiger partial charge in [-0.3, -0.25) is 9.59 Å². The van der Waals surface area contributed by atoms with Crippen molar-refractivity contribution in [2.24, 2.45) is 23.7 Å². The van der Waals surface area contributed by atoms with Gasteiger partial charge in [-0.1, -0.05) is 0 Å². The Balaban J connectivity index is 2.82. The minimum Gasteiger partial charge on any atom is -0.396 e. The Bertz CT molecular complexity index is 223. The zero-order valence-corrected chi connectivity index (χ0v) is 8.43. The fourth-order valence-electron chi connectivity index (χ4n) is 2.53. The lowest BCUT2D eigenvalue weighted by Crippen LogP contribution is -2.55. The van der Waals surface area contributed by atoms with Gasteiger partial charge < -0.3 is 10.2 Å². The van der Waals surface area contributed by atoms with Gasteiger partial charge in [0.2, 0.25) is 0 Å². The summed E-state index contributed by atoms with van der Waals surface area (Å²) in [5, 5.41) is 18.1. The van der Waals surface area contributed by atoms with Crippen molar-refractivity contribution in [2.45, 2.75) is 13.8 Å². The standard InChI is InChI=1S/C10H16O4/c1-5(13)9-7(3-11)8(4-12)10(9)6(2)14/h7-12H,3-4H2,1-2H3/t7-,8-,9+,10+/m1/s1. The predicted octanol–water partition coefficient (Wildman–Crippen LogP) is -0.373. The van der Waals surface area contributed by atoms with Crippen molar-refractivity contribution in [1.29, 1.82) is 0 Å². The highest BCUT2D eigenvalue weighted by atomic mass is 16.3. The van der Waals surface area contributed by atoms with Gasteiger partial charge in [-0.15, -0.1) is 0 Å². The monoisotopic (exact) mass is 200 g/mol. The highest BCUT2D eigenvalue weighted by Gasteiger charge is 2.53. The molecule has 4 nitrogen and oxygen atoms in total. The van der Waals surface area contributed by atoms with E-state index in [-0.39, 0.29) is 36.6 Å². The summed E-state index contributed by atoms with van der Waals surface area (Å²) in [4.78, 5) is 22.5. The maximum atomic E-state index is 11.2. The van der Waals surface area contributed by atoms with E-state index in [4.69, 9.17) is 10.2 Å². The number of rotatable bonds is 4. The van der Waals surface area contributed by atoms with E-state index in [9.17, 15) is 9.59 Å². The smallest absolute Gasteiger partial charge is 0.134 e. The zero-order valence-electron chi connectivity index (χ0n) is 8.43. The van der Waals surface area contributed by atoms with E-state index in [0.29, 0.717) is 0 Å². The van der Waals surface area contributed by atoms with E-state index < -0.39 is 11.8 Å². The van der Waals surface area contributed by atoms with Gasteiger partial charge in [0.15, 0.2) is 0 Å². The minimum atomic E-state index is -0.394. The summed E-state index contributed by atoms with van der Waals surface area (Å²) in [6.45, 7) is 2.58. The Morgan fingerprint density at radius 1 is 0.929 bits per heavy atom. The molecule has 14 heavy (non-hydrogen) atoms. The molecule has 0 amide bonds. The number of hydrogen-bond donors (Lipinski definition) is 2.